The Morgan fingerprint density at radius 3 is 2.36 bits per heavy atom. The molecule has 2 rings (SSSR count). The van der Waals surface area contributed by atoms with E-state index >= 15 is 0 Å². The minimum atomic E-state index is -0.955. The number of carbonyl (C=O) groups excluding carboxylic acids is 2. The van der Waals surface area contributed by atoms with Gasteiger partial charge in [0.25, 0.3) is 5.91 Å². The molecule has 0 heterocycles. The highest BCUT2D eigenvalue weighted by molar-refractivity contribution is 5.90. The van der Waals surface area contributed by atoms with Crippen LogP contribution in [0.4, 0.5) is 4.39 Å². The van der Waals surface area contributed by atoms with Crippen LogP contribution in [-0.4, -0.2) is 18.0 Å². The Hall–Kier alpha value is -2.95. The van der Waals surface area contributed by atoms with Gasteiger partial charge in [-0.2, -0.15) is 0 Å². The van der Waals surface area contributed by atoms with Crippen molar-refractivity contribution in [1.82, 2.24) is 5.32 Å². The Morgan fingerprint density at radius 2 is 1.68 bits per heavy atom. The van der Waals surface area contributed by atoms with Crippen molar-refractivity contribution in [3.8, 4) is 0 Å². The normalized spacial score (nSPS) is 13.2. The van der Waals surface area contributed by atoms with Gasteiger partial charge < -0.3 is 10.1 Å². The van der Waals surface area contributed by atoms with Gasteiger partial charge in [0, 0.05) is 11.6 Å². The molecule has 2 aromatic rings. The summed E-state index contributed by atoms with van der Waals surface area (Å²) < 4.78 is 18.5. The average molecular weight is 341 g/mol. The zero-order chi connectivity index (χ0) is 18.2. The summed E-state index contributed by atoms with van der Waals surface area (Å²) in [7, 11) is 0. The fourth-order valence-electron chi connectivity index (χ4n) is 2.19. The summed E-state index contributed by atoms with van der Waals surface area (Å²) in [4.78, 5) is 23.9. The van der Waals surface area contributed by atoms with E-state index in [1.165, 1.54) is 25.1 Å². The molecule has 0 aliphatic heterocycles. The number of esters is 1. The Kier molecular flexibility index (Phi) is 6.46. The highest BCUT2D eigenvalue weighted by atomic mass is 19.1. The summed E-state index contributed by atoms with van der Waals surface area (Å²) in [6.07, 6.45) is 1.46. The van der Waals surface area contributed by atoms with Crippen LogP contribution in [0.1, 0.15) is 31.0 Å². The van der Waals surface area contributed by atoms with Crippen molar-refractivity contribution in [3.05, 3.63) is 77.6 Å². The molecular weight excluding hydrogens is 321 g/mol. The molecule has 4 nitrogen and oxygen atoms in total. The lowest BCUT2D eigenvalue weighted by Crippen LogP contribution is -2.37. The van der Waals surface area contributed by atoms with Gasteiger partial charge in [0.2, 0.25) is 0 Å². The van der Waals surface area contributed by atoms with Gasteiger partial charge in [-0.1, -0.05) is 48.5 Å². The van der Waals surface area contributed by atoms with Crippen LogP contribution in [0.3, 0.4) is 0 Å². The standard InChI is InChI=1S/C20H20FNO3/c1-14(16-8-4-3-5-9-16)22-20(24)15(2)25-19(23)13-12-17-10-6-7-11-18(17)21/h3-15H,1-2H3,(H,22,24)/b13-12+. The fourth-order valence-corrected chi connectivity index (χ4v) is 2.19. The van der Waals surface area contributed by atoms with E-state index in [4.69, 9.17) is 4.74 Å². The van der Waals surface area contributed by atoms with Gasteiger partial charge in [0.05, 0.1) is 6.04 Å². The molecule has 0 spiro atoms. The zero-order valence-corrected chi connectivity index (χ0v) is 14.1. The van der Waals surface area contributed by atoms with Crippen molar-refractivity contribution >= 4 is 18.0 Å². The van der Waals surface area contributed by atoms with Crippen LogP contribution in [0, 0.1) is 5.82 Å². The fraction of sp³-hybridized carbons (Fsp3) is 0.200. The van der Waals surface area contributed by atoms with Crippen LogP contribution in [0.25, 0.3) is 6.08 Å². The smallest absolute Gasteiger partial charge is 0.331 e. The molecule has 0 saturated heterocycles. The second-order valence-electron chi connectivity index (χ2n) is 5.57. The van der Waals surface area contributed by atoms with E-state index in [-0.39, 0.29) is 11.6 Å². The molecule has 1 amide bonds. The van der Waals surface area contributed by atoms with Crippen LogP contribution in [0.15, 0.2) is 60.7 Å². The van der Waals surface area contributed by atoms with Gasteiger partial charge in [-0.3, -0.25) is 4.79 Å². The van der Waals surface area contributed by atoms with Crippen LogP contribution < -0.4 is 5.32 Å². The number of halogens is 1. The van der Waals surface area contributed by atoms with Gasteiger partial charge in [0.1, 0.15) is 5.82 Å². The number of rotatable bonds is 6. The maximum Gasteiger partial charge on any atom is 0.331 e. The summed E-state index contributed by atoms with van der Waals surface area (Å²) in [5.74, 6) is -1.55. The minimum Gasteiger partial charge on any atom is -0.449 e. The van der Waals surface area contributed by atoms with E-state index in [1.807, 2.05) is 37.3 Å². The molecular formula is C20H20FNO3. The Balaban J connectivity index is 1.88. The second kappa shape index (κ2) is 8.78. The molecule has 2 aromatic carbocycles. The van der Waals surface area contributed by atoms with Gasteiger partial charge >= 0.3 is 5.97 Å². The lowest BCUT2D eigenvalue weighted by atomic mass is 10.1. The molecule has 0 radical (unpaired) electrons. The summed E-state index contributed by atoms with van der Waals surface area (Å²) in [5, 5.41) is 2.78. The van der Waals surface area contributed by atoms with Gasteiger partial charge in [-0.25, -0.2) is 9.18 Å². The van der Waals surface area contributed by atoms with E-state index in [9.17, 15) is 14.0 Å². The SMILES string of the molecule is CC(OC(=O)/C=C/c1ccccc1F)C(=O)NC(C)c1ccccc1. The molecule has 2 atom stereocenters. The van der Waals surface area contributed by atoms with Gasteiger partial charge in [-0.15, -0.1) is 0 Å². The lowest BCUT2D eigenvalue weighted by Gasteiger charge is -2.17. The minimum absolute atomic E-state index is 0.205. The van der Waals surface area contributed by atoms with Crippen molar-refractivity contribution in [2.45, 2.75) is 26.0 Å². The average Bonchev–Trinajstić information content (AvgIpc) is 2.61. The van der Waals surface area contributed by atoms with Crippen molar-refractivity contribution in [2.75, 3.05) is 0 Å². The number of hydrogen-bond donors (Lipinski definition) is 1. The predicted molar refractivity (Wildman–Crippen MR) is 94.0 cm³/mol. The molecule has 5 heteroatoms. The molecule has 25 heavy (non-hydrogen) atoms. The van der Waals surface area contributed by atoms with E-state index < -0.39 is 23.8 Å². The number of nitrogens with one attached hydrogen (secondary N) is 1. The first-order valence-corrected chi connectivity index (χ1v) is 7.96. The second-order valence-corrected chi connectivity index (χ2v) is 5.57. The summed E-state index contributed by atoms with van der Waals surface area (Å²) in [6.45, 7) is 3.34. The number of benzene rings is 2. The molecule has 130 valence electrons. The third-order valence-electron chi connectivity index (χ3n) is 3.62. The number of ether oxygens (including phenoxy) is 1. The lowest BCUT2D eigenvalue weighted by molar-refractivity contribution is -0.150. The molecule has 0 aliphatic carbocycles. The largest absolute Gasteiger partial charge is 0.449 e. The van der Waals surface area contributed by atoms with Crippen LogP contribution in [0.2, 0.25) is 0 Å². The molecule has 0 fully saturated rings. The molecule has 0 saturated carbocycles. The number of amides is 1. The predicted octanol–water partition coefficient (Wildman–Crippen LogP) is 3.65. The highest BCUT2D eigenvalue weighted by Crippen LogP contribution is 2.12. The Labute approximate surface area is 146 Å². The van der Waals surface area contributed by atoms with E-state index in [0.29, 0.717) is 0 Å². The highest BCUT2D eigenvalue weighted by Gasteiger charge is 2.19. The maximum atomic E-state index is 13.5. The molecule has 0 aliphatic rings. The van der Waals surface area contributed by atoms with E-state index in [2.05, 4.69) is 5.32 Å². The van der Waals surface area contributed by atoms with Crippen LogP contribution >= 0.6 is 0 Å². The van der Waals surface area contributed by atoms with Crippen LogP contribution in [0.5, 0.6) is 0 Å². The van der Waals surface area contributed by atoms with Crippen molar-refractivity contribution in [3.63, 3.8) is 0 Å². The third-order valence-corrected chi connectivity index (χ3v) is 3.62. The third kappa shape index (κ3) is 5.57. The first kappa shape index (κ1) is 18.4. The van der Waals surface area contributed by atoms with Crippen LogP contribution in [-0.2, 0) is 14.3 Å². The zero-order valence-electron chi connectivity index (χ0n) is 14.1. The molecule has 0 aromatic heterocycles. The molecule has 1 N–H and O–H groups in total. The van der Waals surface area contributed by atoms with E-state index in [0.717, 1.165) is 11.6 Å². The quantitative estimate of drug-likeness (QED) is 0.644. The van der Waals surface area contributed by atoms with E-state index in [1.54, 1.807) is 12.1 Å². The molecule has 2 unspecified atom stereocenters. The van der Waals surface area contributed by atoms with Gasteiger partial charge in [-0.05, 0) is 31.6 Å². The maximum absolute atomic E-state index is 13.5. The monoisotopic (exact) mass is 341 g/mol. The molecule has 0 bridgehead atoms. The number of carbonyl (C=O) groups is 2. The van der Waals surface area contributed by atoms with Gasteiger partial charge in [0.15, 0.2) is 6.10 Å². The van der Waals surface area contributed by atoms with Crippen molar-refractivity contribution in [1.29, 1.82) is 0 Å². The Morgan fingerprint density at radius 1 is 1.04 bits per heavy atom. The topological polar surface area (TPSA) is 55.4 Å². The van der Waals surface area contributed by atoms with Crippen molar-refractivity contribution < 1.29 is 18.7 Å². The summed E-state index contributed by atoms with van der Waals surface area (Å²) in [6, 6.07) is 15.3. The Bertz CT molecular complexity index is 759. The first-order valence-electron chi connectivity index (χ1n) is 7.96. The first-order chi connectivity index (χ1) is 12.0. The summed E-state index contributed by atoms with van der Waals surface area (Å²) in [5.41, 5.74) is 1.23. The number of hydrogen-bond acceptors (Lipinski definition) is 3. The summed E-state index contributed by atoms with van der Waals surface area (Å²) >= 11 is 0. The van der Waals surface area contributed by atoms with Crippen molar-refractivity contribution in [2.24, 2.45) is 0 Å².